The zero-order chi connectivity index (χ0) is 20.9. The lowest BCUT2D eigenvalue weighted by Crippen LogP contribution is -2.40. The van der Waals surface area contributed by atoms with Crippen LogP contribution in [0.2, 0.25) is 0 Å². The Labute approximate surface area is 187 Å². The van der Waals surface area contributed by atoms with Crippen LogP contribution in [0.15, 0.2) is 71.2 Å². The lowest BCUT2D eigenvalue weighted by Gasteiger charge is -2.36. The number of H-pyrrole nitrogens is 1. The Morgan fingerprint density at radius 1 is 1.00 bits per heavy atom. The van der Waals surface area contributed by atoms with Gasteiger partial charge >= 0.3 is 0 Å². The summed E-state index contributed by atoms with van der Waals surface area (Å²) in [5, 5.41) is 1.22. The highest BCUT2D eigenvalue weighted by molar-refractivity contribution is 9.10. The second kappa shape index (κ2) is 7.17. The molecule has 3 aromatic carbocycles. The van der Waals surface area contributed by atoms with Crippen molar-refractivity contribution in [2.45, 2.75) is 12.5 Å². The monoisotopic (exact) mass is 474 g/mol. The van der Waals surface area contributed by atoms with Crippen molar-refractivity contribution in [1.82, 2.24) is 9.88 Å². The van der Waals surface area contributed by atoms with E-state index in [0.29, 0.717) is 17.9 Å². The lowest BCUT2D eigenvalue weighted by atomic mass is 9.91. The van der Waals surface area contributed by atoms with Gasteiger partial charge < -0.3 is 19.4 Å². The SMILES string of the molecule is O=C(c1ccccc1Br)N1CCc2c([nH]c3ccccc23)[C@H]1c1ccc2c(c1)OCO2. The minimum atomic E-state index is -0.245. The number of amides is 1. The van der Waals surface area contributed by atoms with Crippen LogP contribution in [0.4, 0.5) is 0 Å². The average Bonchev–Trinajstić information content (AvgIpc) is 3.42. The third-order valence-corrected chi connectivity index (χ3v) is 6.80. The van der Waals surface area contributed by atoms with Crippen LogP contribution < -0.4 is 9.47 Å². The number of carbonyl (C=O) groups is 1. The highest BCUT2D eigenvalue weighted by Crippen LogP contribution is 2.42. The van der Waals surface area contributed by atoms with Gasteiger partial charge in [-0.25, -0.2) is 0 Å². The predicted octanol–water partition coefficient (Wildman–Crippen LogP) is 5.45. The second-order valence-corrected chi connectivity index (χ2v) is 8.66. The van der Waals surface area contributed by atoms with E-state index in [0.717, 1.165) is 33.4 Å². The number of nitrogens with one attached hydrogen (secondary N) is 1. The second-order valence-electron chi connectivity index (χ2n) is 7.81. The average molecular weight is 475 g/mol. The van der Waals surface area contributed by atoms with E-state index in [1.165, 1.54) is 10.9 Å². The van der Waals surface area contributed by atoms with Crippen LogP contribution in [0.5, 0.6) is 11.5 Å². The van der Waals surface area contributed by atoms with Gasteiger partial charge in [0.1, 0.15) is 0 Å². The first kappa shape index (κ1) is 18.5. The van der Waals surface area contributed by atoms with Gasteiger partial charge in [0, 0.05) is 27.6 Å². The van der Waals surface area contributed by atoms with Crippen LogP contribution in [0.1, 0.15) is 33.2 Å². The maximum Gasteiger partial charge on any atom is 0.255 e. The van der Waals surface area contributed by atoms with E-state index < -0.39 is 0 Å². The summed E-state index contributed by atoms with van der Waals surface area (Å²) >= 11 is 3.55. The number of fused-ring (bicyclic) bond motifs is 4. The zero-order valence-electron chi connectivity index (χ0n) is 16.6. The number of rotatable bonds is 2. The number of aromatic amines is 1. The maximum absolute atomic E-state index is 13.7. The Hall–Kier alpha value is -3.25. The van der Waals surface area contributed by atoms with Crippen molar-refractivity contribution in [3.05, 3.63) is 93.6 Å². The molecule has 0 bridgehead atoms. The Morgan fingerprint density at radius 3 is 2.71 bits per heavy atom. The van der Waals surface area contributed by atoms with Crippen LogP contribution >= 0.6 is 15.9 Å². The molecule has 2 aliphatic rings. The fraction of sp³-hybridized carbons (Fsp3) is 0.160. The van der Waals surface area contributed by atoms with Gasteiger partial charge in [0.2, 0.25) is 6.79 Å². The molecule has 0 saturated carbocycles. The molecule has 1 amide bonds. The van der Waals surface area contributed by atoms with Gasteiger partial charge in [-0.2, -0.15) is 0 Å². The molecule has 4 aromatic rings. The van der Waals surface area contributed by atoms with Crippen molar-refractivity contribution in [3.8, 4) is 11.5 Å². The topological polar surface area (TPSA) is 54.6 Å². The van der Waals surface area contributed by atoms with E-state index >= 15 is 0 Å². The van der Waals surface area contributed by atoms with Gasteiger partial charge in [0.05, 0.1) is 11.6 Å². The summed E-state index contributed by atoms with van der Waals surface area (Å²) < 4.78 is 11.9. The highest BCUT2D eigenvalue weighted by atomic mass is 79.9. The summed E-state index contributed by atoms with van der Waals surface area (Å²) in [6.45, 7) is 0.856. The molecule has 2 aliphatic heterocycles. The zero-order valence-corrected chi connectivity index (χ0v) is 18.2. The van der Waals surface area contributed by atoms with Crippen molar-refractivity contribution in [2.24, 2.45) is 0 Å². The lowest BCUT2D eigenvalue weighted by molar-refractivity contribution is 0.0691. The van der Waals surface area contributed by atoms with Gasteiger partial charge in [-0.05, 0) is 63.8 Å². The quantitative estimate of drug-likeness (QED) is 0.420. The molecule has 31 heavy (non-hydrogen) atoms. The number of para-hydroxylation sites is 1. The molecule has 5 nitrogen and oxygen atoms in total. The summed E-state index contributed by atoms with van der Waals surface area (Å²) in [6, 6.07) is 21.6. The van der Waals surface area contributed by atoms with Crippen molar-refractivity contribution < 1.29 is 14.3 Å². The van der Waals surface area contributed by atoms with Gasteiger partial charge in [-0.3, -0.25) is 4.79 Å². The minimum Gasteiger partial charge on any atom is -0.454 e. The summed E-state index contributed by atoms with van der Waals surface area (Å²) in [7, 11) is 0. The van der Waals surface area contributed by atoms with Crippen LogP contribution in [-0.4, -0.2) is 29.1 Å². The molecule has 0 saturated heterocycles. The van der Waals surface area contributed by atoms with Crippen LogP contribution in [-0.2, 0) is 6.42 Å². The molecule has 0 fully saturated rings. The van der Waals surface area contributed by atoms with Gasteiger partial charge in [0.15, 0.2) is 11.5 Å². The summed E-state index contributed by atoms with van der Waals surface area (Å²) in [6.07, 6.45) is 0.802. The first-order valence-corrected chi connectivity index (χ1v) is 11.0. The number of aromatic nitrogens is 1. The molecule has 0 aliphatic carbocycles. The number of benzene rings is 3. The molecular weight excluding hydrogens is 456 g/mol. The Morgan fingerprint density at radius 2 is 1.81 bits per heavy atom. The summed E-state index contributed by atoms with van der Waals surface area (Å²) in [5.74, 6) is 1.45. The largest absolute Gasteiger partial charge is 0.454 e. The van der Waals surface area contributed by atoms with E-state index in [-0.39, 0.29) is 18.7 Å². The van der Waals surface area contributed by atoms with Crippen LogP contribution in [0, 0.1) is 0 Å². The molecule has 0 radical (unpaired) electrons. The number of hydrogen-bond donors (Lipinski definition) is 1. The van der Waals surface area contributed by atoms with Crippen molar-refractivity contribution in [1.29, 1.82) is 0 Å². The maximum atomic E-state index is 13.7. The molecule has 0 unspecified atom stereocenters. The number of hydrogen-bond acceptors (Lipinski definition) is 3. The number of nitrogens with zero attached hydrogens (tertiary/aromatic N) is 1. The summed E-state index contributed by atoms with van der Waals surface area (Å²) in [4.78, 5) is 19.2. The van der Waals surface area contributed by atoms with E-state index in [4.69, 9.17) is 9.47 Å². The van der Waals surface area contributed by atoms with E-state index in [9.17, 15) is 4.79 Å². The molecule has 1 N–H and O–H groups in total. The van der Waals surface area contributed by atoms with E-state index in [1.54, 1.807) is 0 Å². The van der Waals surface area contributed by atoms with Gasteiger partial charge in [-0.15, -0.1) is 0 Å². The molecule has 0 spiro atoms. The van der Waals surface area contributed by atoms with Gasteiger partial charge in [0.25, 0.3) is 5.91 Å². The van der Waals surface area contributed by atoms with Crippen molar-refractivity contribution in [3.63, 3.8) is 0 Å². The molecule has 3 heterocycles. The fourth-order valence-corrected chi connectivity index (χ4v) is 5.13. The first-order chi connectivity index (χ1) is 15.2. The van der Waals surface area contributed by atoms with Crippen LogP contribution in [0.3, 0.4) is 0 Å². The molecule has 1 atom stereocenters. The minimum absolute atomic E-state index is 0.000511. The van der Waals surface area contributed by atoms with Crippen molar-refractivity contribution in [2.75, 3.05) is 13.3 Å². The Bertz CT molecular complexity index is 1330. The molecule has 6 heteroatoms. The fourth-order valence-electron chi connectivity index (χ4n) is 4.68. The number of carbonyl (C=O) groups excluding carboxylic acids is 1. The predicted molar refractivity (Wildman–Crippen MR) is 122 cm³/mol. The smallest absolute Gasteiger partial charge is 0.255 e. The first-order valence-electron chi connectivity index (χ1n) is 10.3. The third-order valence-electron chi connectivity index (χ3n) is 6.11. The van der Waals surface area contributed by atoms with Crippen molar-refractivity contribution >= 4 is 32.7 Å². The van der Waals surface area contributed by atoms with Gasteiger partial charge in [-0.1, -0.05) is 36.4 Å². The molecular formula is C25H19BrN2O3. The van der Waals surface area contributed by atoms with Crippen LogP contribution in [0.25, 0.3) is 10.9 Å². The third kappa shape index (κ3) is 2.93. The Kier molecular flexibility index (Phi) is 4.28. The molecule has 6 rings (SSSR count). The number of ether oxygens (including phenoxy) is 2. The Balaban J connectivity index is 1.53. The number of halogens is 1. The standard InChI is InChI=1S/C25H19BrN2O3/c26-19-7-3-1-6-18(19)25(29)28-12-11-17-16-5-2-4-8-20(16)27-23(17)24(28)15-9-10-21-22(13-15)31-14-30-21/h1-10,13,24,27H,11-12,14H2/t24-/m1/s1. The normalized spacial score (nSPS) is 17.1. The highest BCUT2D eigenvalue weighted by Gasteiger charge is 2.36. The van der Waals surface area contributed by atoms with E-state index in [1.807, 2.05) is 53.4 Å². The summed E-state index contributed by atoms with van der Waals surface area (Å²) in [5.41, 5.74) is 5.08. The van der Waals surface area contributed by atoms with E-state index in [2.05, 4.69) is 39.1 Å². The molecule has 1 aromatic heterocycles. The molecule has 154 valence electrons.